The van der Waals surface area contributed by atoms with Crippen molar-refractivity contribution >= 4 is 25.8 Å². The molecule has 6 atom stereocenters. The van der Waals surface area contributed by atoms with Crippen molar-refractivity contribution in [3.05, 3.63) is 57.7 Å². The number of carbonyl (C=O) groups excluding carboxylic acids is 1. The molecule has 14 heteroatoms. The molecular weight excluding hydrogens is 533 g/mol. The zero-order chi connectivity index (χ0) is 27.4. The van der Waals surface area contributed by atoms with Gasteiger partial charge < -0.3 is 19.1 Å². The molecule has 37 heavy (non-hydrogen) atoms. The van der Waals surface area contributed by atoms with E-state index in [2.05, 4.69) is 4.98 Å². The number of nitrogens with zero attached hydrogens (tertiary/aromatic N) is 1. The minimum absolute atomic E-state index is 0.0730. The maximum Gasteiger partial charge on any atom is 0.380 e. The normalized spacial score (nSPS) is 26.0. The van der Waals surface area contributed by atoms with Gasteiger partial charge in [-0.2, -0.15) is 0 Å². The van der Waals surface area contributed by atoms with Gasteiger partial charge in [0.1, 0.15) is 23.2 Å². The lowest BCUT2D eigenvalue weighted by atomic mass is 9.97. The van der Waals surface area contributed by atoms with Crippen LogP contribution in [0.5, 0.6) is 5.75 Å². The minimum Gasteiger partial charge on any atom is -0.463 e. The van der Waals surface area contributed by atoms with Crippen LogP contribution in [-0.2, 0) is 23.4 Å². The van der Waals surface area contributed by atoms with Gasteiger partial charge in [0.2, 0.25) is 0 Å². The Morgan fingerprint density at radius 2 is 1.97 bits per heavy atom. The number of aromatic nitrogens is 2. The van der Waals surface area contributed by atoms with Gasteiger partial charge in [-0.05, 0) is 32.0 Å². The summed E-state index contributed by atoms with van der Waals surface area (Å²) < 4.78 is 65.4. The van der Waals surface area contributed by atoms with E-state index in [9.17, 15) is 23.7 Å². The monoisotopic (exact) mass is 562 g/mol. The van der Waals surface area contributed by atoms with Crippen LogP contribution >= 0.6 is 19.8 Å². The van der Waals surface area contributed by atoms with Crippen molar-refractivity contribution in [2.75, 3.05) is 19.4 Å². The SMILES string of the molecule is CC(C)OC(=O)[C@H](C)CP(=O)(OC[C@H]1O[C@@H](n2ccc(=S)[nH]c2=O)C(O)(CF)[C@H]1F)Oc1ccccc1. The number of H-pyrrole nitrogens is 1. The molecule has 2 N–H and O–H groups in total. The van der Waals surface area contributed by atoms with Crippen molar-refractivity contribution in [3.63, 3.8) is 0 Å². The first-order valence-electron chi connectivity index (χ1n) is 11.5. The number of aliphatic hydroxyl groups is 1. The van der Waals surface area contributed by atoms with E-state index in [0.717, 1.165) is 10.8 Å². The van der Waals surface area contributed by atoms with Crippen molar-refractivity contribution in [3.8, 4) is 5.75 Å². The molecule has 10 nitrogen and oxygen atoms in total. The second-order valence-electron chi connectivity index (χ2n) is 8.95. The Bertz CT molecular complexity index is 1240. The number of nitrogens with one attached hydrogen (secondary N) is 1. The maximum absolute atomic E-state index is 15.3. The minimum atomic E-state index is -4.14. The molecule has 2 aromatic rings. The molecule has 0 amide bonds. The number of aromatic amines is 1. The Balaban J connectivity index is 1.83. The van der Waals surface area contributed by atoms with Crippen LogP contribution < -0.4 is 10.2 Å². The average molecular weight is 563 g/mol. The van der Waals surface area contributed by atoms with Crippen molar-refractivity contribution in [1.82, 2.24) is 9.55 Å². The van der Waals surface area contributed by atoms with Gasteiger partial charge in [-0.3, -0.25) is 18.9 Å². The summed E-state index contributed by atoms with van der Waals surface area (Å²) in [5.74, 6) is -1.38. The van der Waals surface area contributed by atoms with Crippen LogP contribution in [0.25, 0.3) is 0 Å². The third kappa shape index (κ3) is 6.91. The molecule has 204 valence electrons. The first kappa shape index (κ1) is 29.1. The first-order chi connectivity index (χ1) is 17.4. The number of para-hydroxylation sites is 1. The van der Waals surface area contributed by atoms with Gasteiger partial charge >= 0.3 is 19.3 Å². The second-order valence-corrected chi connectivity index (χ2v) is 11.4. The summed E-state index contributed by atoms with van der Waals surface area (Å²) in [6.07, 6.45) is -5.46. The summed E-state index contributed by atoms with van der Waals surface area (Å²) in [7, 11) is -4.14. The highest BCUT2D eigenvalue weighted by molar-refractivity contribution is 7.71. The summed E-state index contributed by atoms with van der Waals surface area (Å²) >= 11 is 4.86. The number of rotatable bonds is 11. The van der Waals surface area contributed by atoms with E-state index in [4.69, 9.17) is 30.7 Å². The summed E-state index contributed by atoms with van der Waals surface area (Å²) in [6, 6.07) is 9.28. The lowest BCUT2D eigenvalue weighted by Crippen LogP contribution is -2.48. The van der Waals surface area contributed by atoms with Gasteiger partial charge in [-0.15, -0.1) is 0 Å². The highest BCUT2D eigenvalue weighted by Gasteiger charge is 2.58. The number of esters is 1. The quantitative estimate of drug-likeness (QED) is 0.239. The van der Waals surface area contributed by atoms with Gasteiger partial charge in [0.05, 0.1) is 24.8 Å². The fourth-order valence-corrected chi connectivity index (χ4v) is 5.71. The molecule has 0 spiro atoms. The fraction of sp³-hybridized carbons (Fsp3) is 0.522. The number of halogens is 2. The summed E-state index contributed by atoms with van der Waals surface area (Å²) in [5.41, 5.74) is -3.60. The third-order valence-electron chi connectivity index (χ3n) is 5.53. The smallest absolute Gasteiger partial charge is 0.380 e. The van der Waals surface area contributed by atoms with Crippen LogP contribution in [0, 0.1) is 10.6 Å². The topological polar surface area (TPSA) is 129 Å². The van der Waals surface area contributed by atoms with Crippen molar-refractivity contribution in [2.45, 2.75) is 51.0 Å². The van der Waals surface area contributed by atoms with E-state index < -0.39 is 74.8 Å². The van der Waals surface area contributed by atoms with E-state index in [1.807, 2.05) is 0 Å². The number of benzene rings is 1. The average Bonchev–Trinajstić information content (AvgIpc) is 3.08. The number of hydrogen-bond donors (Lipinski definition) is 2. The number of alkyl halides is 2. The molecule has 2 unspecified atom stereocenters. The van der Waals surface area contributed by atoms with E-state index in [0.29, 0.717) is 0 Å². The molecule has 1 fully saturated rings. The Hall–Kier alpha value is -2.44. The van der Waals surface area contributed by atoms with E-state index >= 15 is 4.39 Å². The molecular formula is C23H29F2N2O8PS. The van der Waals surface area contributed by atoms with Crippen LogP contribution in [0.15, 0.2) is 47.4 Å². The molecule has 1 aliphatic heterocycles. The fourth-order valence-electron chi connectivity index (χ4n) is 3.70. The Morgan fingerprint density at radius 3 is 2.57 bits per heavy atom. The maximum atomic E-state index is 15.3. The molecule has 1 aromatic carbocycles. The van der Waals surface area contributed by atoms with Crippen molar-refractivity contribution < 1.29 is 41.8 Å². The van der Waals surface area contributed by atoms with Crippen LogP contribution in [-0.4, -0.2) is 64.1 Å². The summed E-state index contributed by atoms with van der Waals surface area (Å²) in [6.45, 7) is 2.46. The number of ether oxygens (including phenoxy) is 2. The van der Waals surface area contributed by atoms with E-state index in [1.54, 1.807) is 32.0 Å². The van der Waals surface area contributed by atoms with Gasteiger partial charge in [0.15, 0.2) is 18.0 Å². The molecule has 2 heterocycles. The molecule has 3 rings (SSSR count). The summed E-state index contributed by atoms with van der Waals surface area (Å²) in [5, 5.41) is 10.7. The van der Waals surface area contributed by atoms with Gasteiger partial charge in [0.25, 0.3) is 0 Å². The van der Waals surface area contributed by atoms with Crippen molar-refractivity contribution in [1.29, 1.82) is 0 Å². The lowest BCUT2D eigenvalue weighted by molar-refractivity contribution is -0.151. The second kappa shape index (κ2) is 12.0. The Labute approximate surface area is 217 Å². The van der Waals surface area contributed by atoms with Crippen LogP contribution in [0.3, 0.4) is 0 Å². The number of hydrogen-bond acceptors (Lipinski definition) is 9. The number of carbonyl (C=O) groups is 1. The van der Waals surface area contributed by atoms with Crippen LogP contribution in [0.1, 0.15) is 27.0 Å². The highest BCUT2D eigenvalue weighted by atomic mass is 32.1. The third-order valence-corrected chi connectivity index (χ3v) is 7.79. The van der Waals surface area contributed by atoms with E-state index in [1.165, 1.54) is 25.1 Å². The molecule has 0 bridgehead atoms. The predicted molar refractivity (Wildman–Crippen MR) is 132 cm³/mol. The van der Waals surface area contributed by atoms with E-state index in [-0.39, 0.29) is 10.4 Å². The molecule has 1 saturated heterocycles. The zero-order valence-corrected chi connectivity index (χ0v) is 22.1. The van der Waals surface area contributed by atoms with Crippen LogP contribution in [0.2, 0.25) is 0 Å². The molecule has 0 radical (unpaired) electrons. The first-order valence-corrected chi connectivity index (χ1v) is 13.6. The van der Waals surface area contributed by atoms with Crippen molar-refractivity contribution in [2.24, 2.45) is 5.92 Å². The zero-order valence-electron chi connectivity index (χ0n) is 20.4. The molecule has 0 aliphatic carbocycles. The lowest BCUT2D eigenvalue weighted by Gasteiger charge is -2.27. The Kier molecular flexibility index (Phi) is 9.41. The molecule has 0 saturated carbocycles. The largest absolute Gasteiger partial charge is 0.463 e. The van der Waals surface area contributed by atoms with Gasteiger partial charge in [-0.25, -0.2) is 18.1 Å². The molecule has 1 aliphatic rings. The Morgan fingerprint density at radius 1 is 1.30 bits per heavy atom. The van der Waals surface area contributed by atoms with Gasteiger partial charge in [-0.1, -0.05) is 37.3 Å². The summed E-state index contributed by atoms with van der Waals surface area (Å²) in [4.78, 5) is 26.9. The standard InChI is InChI=1S/C23H29F2N2O8PS/c1-14(2)33-20(28)15(3)12-36(31,35-16-7-5-4-6-8-16)32-11-17-19(25)23(30,13-24)21(34-17)27-10-9-18(37)26-22(27)29/h4-10,14-15,17,19,21,30H,11-13H2,1-3H3,(H,26,29,37)/t15-,17-,19+,21-,23?,36?/m1/s1. The predicted octanol–water partition coefficient (Wildman–Crippen LogP) is 3.72. The van der Waals surface area contributed by atoms with Crippen LogP contribution in [0.4, 0.5) is 8.78 Å². The highest BCUT2D eigenvalue weighted by Crippen LogP contribution is 2.51. The molecule has 1 aromatic heterocycles. The van der Waals surface area contributed by atoms with Gasteiger partial charge in [0, 0.05) is 6.20 Å².